The highest BCUT2D eigenvalue weighted by molar-refractivity contribution is 7.99. The van der Waals surface area contributed by atoms with Gasteiger partial charge in [0.25, 0.3) is 0 Å². The third kappa shape index (κ3) is 3.53. The van der Waals surface area contributed by atoms with E-state index >= 15 is 0 Å². The van der Waals surface area contributed by atoms with Gasteiger partial charge in [-0.2, -0.15) is 20.1 Å². The summed E-state index contributed by atoms with van der Waals surface area (Å²) >= 11 is 1.31. The van der Waals surface area contributed by atoms with E-state index in [0.717, 1.165) is 6.54 Å². The normalized spacial score (nSPS) is 10.5. The van der Waals surface area contributed by atoms with Gasteiger partial charge in [-0.25, -0.2) is 9.67 Å². The first-order valence-corrected chi connectivity index (χ1v) is 6.69. The van der Waals surface area contributed by atoms with Gasteiger partial charge in [0, 0.05) is 13.6 Å². The van der Waals surface area contributed by atoms with Crippen LogP contribution < -0.4 is 10.1 Å². The predicted molar refractivity (Wildman–Crippen MR) is 70.3 cm³/mol. The molecule has 0 saturated carbocycles. The second-order valence-electron chi connectivity index (χ2n) is 3.46. The fourth-order valence-electron chi connectivity index (χ4n) is 1.27. The molecule has 2 heterocycles. The number of nitrogens with one attached hydrogen (secondary N) is 1. The van der Waals surface area contributed by atoms with Gasteiger partial charge in [0.15, 0.2) is 5.16 Å². The third-order valence-corrected chi connectivity index (χ3v) is 2.97. The van der Waals surface area contributed by atoms with Crippen molar-refractivity contribution in [3.8, 4) is 6.01 Å². The lowest BCUT2D eigenvalue weighted by atomic mass is 10.7. The topological polar surface area (TPSA) is 90.6 Å². The van der Waals surface area contributed by atoms with Gasteiger partial charge in [0.1, 0.15) is 6.33 Å². The van der Waals surface area contributed by atoms with E-state index in [1.54, 1.807) is 4.68 Å². The van der Waals surface area contributed by atoms with Crippen molar-refractivity contribution in [1.29, 1.82) is 0 Å². The van der Waals surface area contributed by atoms with E-state index in [2.05, 4.69) is 30.4 Å². The highest BCUT2D eigenvalue weighted by Crippen LogP contribution is 2.23. The maximum atomic E-state index is 5.32. The van der Waals surface area contributed by atoms with Crippen LogP contribution in [0.5, 0.6) is 6.01 Å². The van der Waals surface area contributed by atoms with Crippen LogP contribution in [0.3, 0.4) is 0 Å². The molecule has 2 rings (SSSR count). The molecule has 0 atom stereocenters. The summed E-state index contributed by atoms with van der Waals surface area (Å²) < 4.78 is 6.98. The molecule has 19 heavy (non-hydrogen) atoms. The summed E-state index contributed by atoms with van der Waals surface area (Å²) in [6, 6.07) is 0.304. The Bertz CT molecular complexity index is 520. The van der Waals surface area contributed by atoms with Crippen molar-refractivity contribution in [2.24, 2.45) is 7.05 Å². The van der Waals surface area contributed by atoms with Crippen molar-refractivity contribution in [3.05, 3.63) is 6.33 Å². The Kier molecular flexibility index (Phi) is 4.50. The van der Waals surface area contributed by atoms with Gasteiger partial charge in [0.2, 0.25) is 11.1 Å². The smallest absolute Gasteiger partial charge is 0.322 e. The molecule has 0 amide bonds. The van der Waals surface area contributed by atoms with Crippen molar-refractivity contribution in [1.82, 2.24) is 29.7 Å². The molecule has 2 aromatic heterocycles. The first kappa shape index (κ1) is 13.5. The molecule has 0 aliphatic carbocycles. The molecule has 0 bridgehead atoms. The highest BCUT2D eigenvalue weighted by atomic mass is 32.2. The number of anilines is 1. The van der Waals surface area contributed by atoms with Crippen LogP contribution in [0.4, 0.5) is 5.95 Å². The Labute approximate surface area is 115 Å². The van der Waals surface area contributed by atoms with Crippen LogP contribution in [0.25, 0.3) is 0 Å². The molecule has 0 aliphatic heterocycles. The summed E-state index contributed by atoms with van der Waals surface area (Å²) in [7, 11) is 1.81. The van der Waals surface area contributed by atoms with E-state index in [0.29, 0.717) is 28.9 Å². The fourth-order valence-corrected chi connectivity index (χ4v) is 1.97. The Morgan fingerprint density at radius 3 is 2.79 bits per heavy atom. The van der Waals surface area contributed by atoms with E-state index in [1.165, 1.54) is 18.1 Å². The maximum Gasteiger partial charge on any atom is 0.322 e. The van der Waals surface area contributed by atoms with Gasteiger partial charge in [0.05, 0.1) is 6.61 Å². The van der Waals surface area contributed by atoms with Gasteiger partial charge in [-0.15, -0.1) is 0 Å². The van der Waals surface area contributed by atoms with E-state index in [9.17, 15) is 0 Å². The molecule has 0 aromatic carbocycles. The number of hydrogen-bond donors (Lipinski definition) is 1. The monoisotopic (exact) mass is 281 g/mol. The van der Waals surface area contributed by atoms with Crippen molar-refractivity contribution in [2.45, 2.75) is 24.2 Å². The van der Waals surface area contributed by atoms with Crippen molar-refractivity contribution >= 4 is 17.7 Å². The van der Waals surface area contributed by atoms with Gasteiger partial charge in [-0.05, 0) is 25.6 Å². The van der Waals surface area contributed by atoms with E-state index < -0.39 is 0 Å². The molecule has 9 heteroatoms. The standard InChI is InChI=1S/C10H15N7OS/c1-4-11-7-14-8(18-5-2)16-9(15-7)19-10-12-6-13-17(10)3/h6H,4-5H2,1-3H3,(H,11,14,15,16). The first-order chi connectivity index (χ1) is 9.22. The van der Waals surface area contributed by atoms with E-state index in [4.69, 9.17) is 4.74 Å². The van der Waals surface area contributed by atoms with Gasteiger partial charge < -0.3 is 10.1 Å². The maximum absolute atomic E-state index is 5.32. The minimum atomic E-state index is 0.304. The molecule has 0 fully saturated rings. The highest BCUT2D eigenvalue weighted by Gasteiger charge is 2.11. The number of rotatable bonds is 6. The van der Waals surface area contributed by atoms with Crippen molar-refractivity contribution in [2.75, 3.05) is 18.5 Å². The lowest BCUT2D eigenvalue weighted by Crippen LogP contribution is -2.07. The summed E-state index contributed by atoms with van der Waals surface area (Å²) in [5, 5.41) is 8.26. The summed E-state index contributed by atoms with van der Waals surface area (Å²) in [5.41, 5.74) is 0. The van der Waals surface area contributed by atoms with Crippen LogP contribution in [-0.2, 0) is 7.05 Å². The number of hydrogen-bond acceptors (Lipinski definition) is 8. The van der Waals surface area contributed by atoms with Crippen molar-refractivity contribution < 1.29 is 4.74 Å². The average Bonchev–Trinajstić information content (AvgIpc) is 2.76. The zero-order valence-corrected chi connectivity index (χ0v) is 11.8. The third-order valence-electron chi connectivity index (χ3n) is 2.06. The SMILES string of the molecule is CCNc1nc(OCC)nc(Sc2ncnn2C)n1. The molecule has 0 unspecified atom stereocenters. The minimum Gasteiger partial charge on any atom is -0.464 e. The van der Waals surface area contributed by atoms with Crippen LogP contribution in [0.1, 0.15) is 13.8 Å². The second kappa shape index (κ2) is 6.32. The lowest BCUT2D eigenvalue weighted by Gasteiger charge is -2.06. The Balaban J connectivity index is 2.25. The largest absolute Gasteiger partial charge is 0.464 e. The summed E-state index contributed by atoms with van der Waals surface area (Å²) in [5.74, 6) is 0.491. The fraction of sp³-hybridized carbons (Fsp3) is 0.500. The summed E-state index contributed by atoms with van der Waals surface area (Å²) in [6.45, 7) is 5.08. The van der Waals surface area contributed by atoms with E-state index in [1.807, 2.05) is 20.9 Å². The molecular weight excluding hydrogens is 266 g/mol. The van der Waals surface area contributed by atoms with Crippen LogP contribution in [0.2, 0.25) is 0 Å². The molecule has 1 N–H and O–H groups in total. The first-order valence-electron chi connectivity index (χ1n) is 5.87. The van der Waals surface area contributed by atoms with Crippen molar-refractivity contribution in [3.63, 3.8) is 0 Å². The predicted octanol–water partition coefficient (Wildman–Crippen LogP) is 0.982. The zero-order valence-electron chi connectivity index (χ0n) is 11.0. The van der Waals surface area contributed by atoms with Crippen LogP contribution >= 0.6 is 11.8 Å². The van der Waals surface area contributed by atoms with Gasteiger partial charge in [-0.3, -0.25) is 0 Å². The molecule has 102 valence electrons. The molecule has 0 radical (unpaired) electrons. The minimum absolute atomic E-state index is 0.304. The zero-order chi connectivity index (χ0) is 13.7. The average molecular weight is 281 g/mol. The molecule has 8 nitrogen and oxygen atoms in total. The quantitative estimate of drug-likeness (QED) is 0.838. The second-order valence-corrected chi connectivity index (χ2v) is 4.39. The number of aromatic nitrogens is 6. The Morgan fingerprint density at radius 1 is 1.32 bits per heavy atom. The van der Waals surface area contributed by atoms with Crippen LogP contribution in [0.15, 0.2) is 16.6 Å². The van der Waals surface area contributed by atoms with Crippen LogP contribution in [0, 0.1) is 0 Å². The molecule has 0 saturated heterocycles. The number of nitrogens with zero attached hydrogens (tertiary/aromatic N) is 6. The van der Waals surface area contributed by atoms with E-state index in [-0.39, 0.29) is 0 Å². The van der Waals surface area contributed by atoms with Gasteiger partial charge >= 0.3 is 6.01 Å². The Hall–Kier alpha value is -1.90. The number of ether oxygens (including phenoxy) is 1. The molecule has 0 aliphatic rings. The Morgan fingerprint density at radius 2 is 2.16 bits per heavy atom. The molecule has 0 spiro atoms. The lowest BCUT2D eigenvalue weighted by molar-refractivity contribution is 0.308. The molecular formula is C10H15N7OS. The summed E-state index contributed by atoms with van der Waals surface area (Å²) in [6.07, 6.45) is 1.48. The molecule has 2 aromatic rings. The van der Waals surface area contributed by atoms with Gasteiger partial charge in [-0.1, -0.05) is 0 Å². The summed E-state index contributed by atoms with van der Waals surface area (Å²) in [4.78, 5) is 16.8. The van der Waals surface area contributed by atoms with Crippen LogP contribution in [-0.4, -0.2) is 42.9 Å². The number of aryl methyl sites for hydroxylation is 1.